The molecule has 0 aliphatic heterocycles. The van der Waals surface area contributed by atoms with Gasteiger partial charge in [0.05, 0.1) is 12.3 Å². The molecular weight excluding hydrogens is 222 g/mol. The highest BCUT2D eigenvalue weighted by molar-refractivity contribution is 7.10. The van der Waals surface area contributed by atoms with E-state index in [-0.39, 0.29) is 6.04 Å². The van der Waals surface area contributed by atoms with Crippen LogP contribution in [0.4, 0.5) is 0 Å². The van der Waals surface area contributed by atoms with Gasteiger partial charge in [-0.1, -0.05) is 6.07 Å². The summed E-state index contributed by atoms with van der Waals surface area (Å²) >= 11 is 1.57. The van der Waals surface area contributed by atoms with Crippen molar-refractivity contribution in [2.75, 3.05) is 6.54 Å². The van der Waals surface area contributed by atoms with E-state index in [9.17, 15) is 5.11 Å². The molecule has 2 aromatic rings. The minimum atomic E-state index is -0.447. The Hall–Kier alpha value is -1.10. The third-order valence-corrected chi connectivity index (χ3v) is 3.43. The SMILES string of the molecule is CC(NCC(O)c1cccs1)c1ccco1. The summed E-state index contributed by atoms with van der Waals surface area (Å²) < 4.78 is 5.28. The van der Waals surface area contributed by atoms with Crippen molar-refractivity contribution in [1.29, 1.82) is 0 Å². The van der Waals surface area contributed by atoms with Gasteiger partial charge in [-0.25, -0.2) is 0 Å². The molecule has 2 N–H and O–H groups in total. The summed E-state index contributed by atoms with van der Waals surface area (Å²) in [7, 11) is 0. The van der Waals surface area contributed by atoms with Gasteiger partial charge in [0.2, 0.25) is 0 Å². The Kier molecular flexibility index (Phi) is 3.77. The van der Waals surface area contributed by atoms with Crippen molar-refractivity contribution >= 4 is 11.3 Å². The number of hydrogen-bond donors (Lipinski definition) is 2. The fraction of sp³-hybridized carbons (Fsp3) is 0.333. The molecule has 0 saturated heterocycles. The molecule has 0 aromatic carbocycles. The maximum atomic E-state index is 9.87. The summed E-state index contributed by atoms with van der Waals surface area (Å²) in [6, 6.07) is 7.79. The molecule has 2 aromatic heterocycles. The smallest absolute Gasteiger partial charge is 0.120 e. The molecule has 2 heterocycles. The minimum absolute atomic E-state index is 0.115. The number of thiophene rings is 1. The maximum absolute atomic E-state index is 9.87. The lowest BCUT2D eigenvalue weighted by atomic mass is 10.2. The molecule has 0 saturated carbocycles. The van der Waals surface area contributed by atoms with E-state index in [0.29, 0.717) is 6.54 Å². The molecule has 4 heteroatoms. The Morgan fingerprint density at radius 2 is 2.31 bits per heavy atom. The van der Waals surface area contributed by atoms with Crippen LogP contribution in [-0.4, -0.2) is 11.7 Å². The maximum Gasteiger partial charge on any atom is 0.120 e. The standard InChI is InChI=1S/C12H15NO2S/c1-9(11-4-2-6-15-11)13-8-10(14)12-5-3-7-16-12/h2-7,9-10,13-14H,8H2,1H3. The largest absolute Gasteiger partial charge is 0.468 e. The Bertz CT molecular complexity index is 356. The van der Waals surface area contributed by atoms with E-state index < -0.39 is 6.10 Å². The zero-order chi connectivity index (χ0) is 11.4. The molecule has 0 aliphatic carbocycles. The Balaban J connectivity index is 1.84. The fourth-order valence-corrected chi connectivity index (χ4v) is 2.22. The monoisotopic (exact) mass is 237 g/mol. The average Bonchev–Trinajstić information content (AvgIpc) is 2.95. The van der Waals surface area contributed by atoms with E-state index >= 15 is 0 Å². The normalized spacial score (nSPS) is 14.9. The van der Waals surface area contributed by atoms with Gasteiger partial charge in [0.1, 0.15) is 11.9 Å². The molecule has 2 atom stereocenters. The van der Waals surface area contributed by atoms with Gasteiger partial charge in [0.25, 0.3) is 0 Å². The molecule has 2 rings (SSSR count). The summed E-state index contributed by atoms with van der Waals surface area (Å²) in [6.07, 6.45) is 1.21. The quantitative estimate of drug-likeness (QED) is 0.840. The molecule has 0 fully saturated rings. The second-order valence-corrected chi connectivity index (χ2v) is 4.66. The highest BCUT2D eigenvalue weighted by atomic mass is 32.1. The van der Waals surface area contributed by atoms with Crippen molar-refractivity contribution < 1.29 is 9.52 Å². The van der Waals surface area contributed by atoms with Gasteiger partial charge < -0.3 is 14.8 Å². The minimum Gasteiger partial charge on any atom is -0.468 e. The number of aliphatic hydroxyl groups excluding tert-OH is 1. The molecular formula is C12H15NO2S. The zero-order valence-corrected chi connectivity index (χ0v) is 9.91. The van der Waals surface area contributed by atoms with Crippen molar-refractivity contribution in [3.63, 3.8) is 0 Å². The van der Waals surface area contributed by atoms with Crippen LogP contribution in [0.25, 0.3) is 0 Å². The first-order valence-electron chi connectivity index (χ1n) is 5.25. The highest BCUT2D eigenvalue weighted by Gasteiger charge is 2.12. The number of rotatable bonds is 5. The second-order valence-electron chi connectivity index (χ2n) is 3.68. The molecule has 16 heavy (non-hydrogen) atoms. The van der Waals surface area contributed by atoms with Crippen LogP contribution in [-0.2, 0) is 0 Å². The third kappa shape index (κ3) is 2.72. The molecule has 0 aliphatic rings. The van der Waals surface area contributed by atoms with E-state index in [2.05, 4.69) is 5.32 Å². The van der Waals surface area contributed by atoms with Crippen molar-refractivity contribution in [3.05, 3.63) is 46.5 Å². The Morgan fingerprint density at radius 1 is 1.44 bits per heavy atom. The second kappa shape index (κ2) is 5.30. The number of nitrogens with one attached hydrogen (secondary N) is 1. The van der Waals surface area contributed by atoms with Gasteiger partial charge in [-0.05, 0) is 30.5 Å². The lowest BCUT2D eigenvalue weighted by molar-refractivity contribution is 0.172. The molecule has 86 valence electrons. The molecule has 2 unspecified atom stereocenters. The summed E-state index contributed by atoms with van der Waals surface area (Å²) in [5.41, 5.74) is 0. The number of aliphatic hydroxyl groups is 1. The van der Waals surface area contributed by atoms with Crippen LogP contribution in [0.15, 0.2) is 40.3 Å². The predicted molar refractivity (Wildman–Crippen MR) is 64.4 cm³/mol. The first-order chi connectivity index (χ1) is 7.77. The van der Waals surface area contributed by atoms with Crippen LogP contribution in [0.5, 0.6) is 0 Å². The van der Waals surface area contributed by atoms with Crippen LogP contribution in [0.2, 0.25) is 0 Å². The van der Waals surface area contributed by atoms with Crippen molar-refractivity contribution in [3.8, 4) is 0 Å². The van der Waals surface area contributed by atoms with Crippen LogP contribution >= 0.6 is 11.3 Å². The van der Waals surface area contributed by atoms with Crippen molar-refractivity contribution in [2.45, 2.75) is 19.1 Å². The topological polar surface area (TPSA) is 45.4 Å². The summed E-state index contributed by atoms with van der Waals surface area (Å²) in [5.74, 6) is 0.887. The van der Waals surface area contributed by atoms with Crippen LogP contribution < -0.4 is 5.32 Å². The number of furan rings is 1. The van der Waals surface area contributed by atoms with Gasteiger partial charge in [-0.3, -0.25) is 0 Å². The van der Waals surface area contributed by atoms with E-state index in [4.69, 9.17) is 4.42 Å². The molecule has 0 spiro atoms. The van der Waals surface area contributed by atoms with E-state index in [1.54, 1.807) is 17.6 Å². The van der Waals surface area contributed by atoms with Crippen LogP contribution in [0.1, 0.15) is 29.7 Å². The molecule has 0 amide bonds. The van der Waals surface area contributed by atoms with Crippen molar-refractivity contribution in [2.24, 2.45) is 0 Å². The first-order valence-corrected chi connectivity index (χ1v) is 6.13. The molecule has 0 bridgehead atoms. The summed E-state index contributed by atoms with van der Waals surface area (Å²) in [6.45, 7) is 2.54. The molecule has 0 radical (unpaired) electrons. The number of hydrogen-bond acceptors (Lipinski definition) is 4. The summed E-state index contributed by atoms with van der Waals surface area (Å²) in [4.78, 5) is 0.985. The molecule has 3 nitrogen and oxygen atoms in total. The van der Waals surface area contributed by atoms with E-state index in [1.807, 2.05) is 36.6 Å². The lowest BCUT2D eigenvalue weighted by Crippen LogP contribution is -2.23. The van der Waals surface area contributed by atoms with E-state index in [0.717, 1.165) is 10.6 Å². The van der Waals surface area contributed by atoms with Crippen LogP contribution in [0.3, 0.4) is 0 Å². The predicted octanol–water partition coefficient (Wildman–Crippen LogP) is 2.73. The lowest BCUT2D eigenvalue weighted by Gasteiger charge is -2.14. The highest BCUT2D eigenvalue weighted by Crippen LogP contribution is 2.19. The Morgan fingerprint density at radius 3 is 2.94 bits per heavy atom. The van der Waals surface area contributed by atoms with Gasteiger partial charge in [-0.2, -0.15) is 0 Å². The average molecular weight is 237 g/mol. The van der Waals surface area contributed by atoms with Gasteiger partial charge >= 0.3 is 0 Å². The van der Waals surface area contributed by atoms with Crippen LogP contribution in [0, 0.1) is 0 Å². The zero-order valence-electron chi connectivity index (χ0n) is 9.09. The first kappa shape index (κ1) is 11.4. The fourth-order valence-electron chi connectivity index (χ4n) is 1.51. The third-order valence-electron chi connectivity index (χ3n) is 2.46. The van der Waals surface area contributed by atoms with Gasteiger partial charge in [0.15, 0.2) is 0 Å². The summed E-state index contributed by atoms with van der Waals surface area (Å²) in [5, 5.41) is 15.1. The van der Waals surface area contributed by atoms with E-state index in [1.165, 1.54) is 0 Å². The Labute approximate surface area is 98.7 Å². The van der Waals surface area contributed by atoms with Gasteiger partial charge in [-0.15, -0.1) is 11.3 Å². The van der Waals surface area contributed by atoms with Gasteiger partial charge in [0, 0.05) is 11.4 Å². The van der Waals surface area contributed by atoms with Crippen molar-refractivity contribution in [1.82, 2.24) is 5.32 Å².